The lowest BCUT2D eigenvalue weighted by atomic mass is 9.84. The molecular formula is C23H30ClN5O2. The average molecular weight is 444 g/mol. The van der Waals surface area contributed by atoms with Gasteiger partial charge in [-0.05, 0) is 44.9 Å². The number of nitrogens with zero attached hydrogens (tertiary/aromatic N) is 4. The van der Waals surface area contributed by atoms with Crippen LogP contribution in [0.3, 0.4) is 0 Å². The number of halogens is 1. The predicted octanol–water partition coefficient (Wildman–Crippen LogP) is 3.68. The lowest BCUT2D eigenvalue weighted by Crippen LogP contribution is -2.51. The number of ether oxygens (including phenoxy) is 1. The zero-order chi connectivity index (χ0) is 22.4. The van der Waals surface area contributed by atoms with Crippen molar-refractivity contribution in [2.24, 2.45) is 0 Å². The van der Waals surface area contributed by atoms with E-state index in [2.05, 4.69) is 39.5 Å². The Kier molecular flexibility index (Phi) is 5.85. The molecule has 1 aromatic carbocycles. The highest BCUT2D eigenvalue weighted by Gasteiger charge is 2.36. The number of nitrogens with two attached hydrogens (primary N) is 1. The molecule has 7 nitrogen and oxygen atoms in total. The zero-order valence-electron chi connectivity index (χ0n) is 18.7. The van der Waals surface area contributed by atoms with Gasteiger partial charge in [0.1, 0.15) is 23.5 Å². The van der Waals surface area contributed by atoms with Gasteiger partial charge in [0.15, 0.2) is 0 Å². The lowest BCUT2D eigenvalue weighted by Gasteiger charge is -2.44. The molecule has 1 fully saturated rings. The molecule has 166 valence electrons. The van der Waals surface area contributed by atoms with Crippen LogP contribution in [-0.4, -0.2) is 57.4 Å². The minimum Gasteiger partial charge on any atom is -0.496 e. The van der Waals surface area contributed by atoms with Crippen molar-refractivity contribution in [3.63, 3.8) is 0 Å². The monoisotopic (exact) mass is 443 g/mol. The summed E-state index contributed by atoms with van der Waals surface area (Å²) in [6.45, 7) is 10.1. The average Bonchev–Trinajstić information content (AvgIpc) is 3.06. The summed E-state index contributed by atoms with van der Waals surface area (Å²) in [6, 6.07) is 2.09. The van der Waals surface area contributed by atoms with E-state index < -0.39 is 0 Å². The van der Waals surface area contributed by atoms with Gasteiger partial charge >= 0.3 is 0 Å². The Morgan fingerprint density at radius 2 is 2.00 bits per heavy atom. The van der Waals surface area contributed by atoms with Gasteiger partial charge in [-0.1, -0.05) is 11.6 Å². The second-order valence-corrected chi connectivity index (χ2v) is 8.96. The molecule has 0 spiro atoms. The molecule has 0 bridgehead atoms. The minimum absolute atomic E-state index is 0.0650. The third kappa shape index (κ3) is 3.54. The highest BCUT2D eigenvalue weighted by Crippen LogP contribution is 2.44. The van der Waals surface area contributed by atoms with Gasteiger partial charge in [0, 0.05) is 47.4 Å². The van der Waals surface area contributed by atoms with E-state index in [1.807, 2.05) is 19.9 Å². The first-order chi connectivity index (χ1) is 14.8. The molecule has 1 unspecified atom stereocenters. The van der Waals surface area contributed by atoms with E-state index >= 15 is 0 Å². The molecule has 0 aliphatic carbocycles. The van der Waals surface area contributed by atoms with Gasteiger partial charge in [-0.3, -0.25) is 4.90 Å². The number of likely N-dealkylation sites (tertiary alicyclic amines) is 1. The molecule has 0 saturated carbocycles. The third-order valence-corrected chi connectivity index (χ3v) is 7.05. The maximum Gasteiger partial charge on any atom is 0.146 e. The fraction of sp³-hybridized carbons (Fsp3) is 0.478. The molecule has 3 heterocycles. The third-order valence-electron chi connectivity index (χ3n) is 6.66. The van der Waals surface area contributed by atoms with Crippen LogP contribution < -0.4 is 10.5 Å². The number of hydrogen-bond donors (Lipinski definition) is 2. The fourth-order valence-corrected chi connectivity index (χ4v) is 4.93. The summed E-state index contributed by atoms with van der Waals surface area (Å²) in [6.07, 6.45) is 3.55. The molecule has 0 amide bonds. The van der Waals surface area contributed by atoms with Crippen LogP contribution in [0.4, 0.5) is 5.82 Å². The number of hydrogen-bond acceptors (Lipinski definition) is 6. The van der Waals surface area contributed by atoms with Crippen LogP contribution in [0.25, 0.3) is 11.0 Å². The SMILES string of the molecule is COc1c(C(C)n2cc(C)c3c(N)ncnc32)cc(Cl)c(C)c1C1CN([C@H](C)CO)C1. The first kappa shape index (κ1) is 21.9. The van der Waals surface area contributed by atoms with E-state index in [9.17, 15) is 5.11 Å². The number of nitrogen functional groups attached to an aromatic ring is 1. The van der Waals surface area contributed by atoms with Crippen molar-refractivity contribution >= 4 is 28.5 Å². The summed E-state index contributed by atoms with van der Waals surface area (Å²) in [5, 5.41) is 11.1. The smallest absolute Gasteiger partial charge is 0.146 e. The zero-order valence-corrected chi connectivity index (χ0v) is 19.4. The maximum absolute atomic E-state index is 9.47. The van der Waals surface area contributed by atoms with E-state index in [4.69, 9.17) is 22.1 Å². The van der Waals surface area contributed by atoms with Crippen molar-refractivity contribution in [1.82, 2.24) is 19.4 Å². The van der Waals surface area contributed by atoms with Crippen LogP contribution in [0.1, 0.15) is 48.1 Å². The Morgan fingerprint density at radius 3 is 2.65 bits per heavy atom. The van der Waals surface area contributed by atoms with Gasteiger partial charge in [0.05, 0.1) is 25.1 Å². The molecule has 1 aliphatic rings. The van der Waals surface area contributed by atoms with Crippen molar-refractivity contribution in [2.75, 3.05) is 32.5 Å². The number of aliphatic hydroxyl groups excluding tert-OH is 1. The number of aryl methyl sites for hydroxylation is 1. The highest BCUT2D eigenvalue weighted by atomic mass is 35.5. The summed E-state index contributed by atoms with van der Waals surface area (Å²) in [5.74, 6) is 1.67. The van der Waals surface area contributed by atoms with Crippen molar-refractivity contribution in [1.29, 1.82) is 0 Å². The van der Waals surface area contributed by atoms with Crippen LogP contribution in [-0.2, 0) is 0 Å². The fourth-order valence-electron chi connectivity index (χ4n) is 4.71. The Hall–Kier alpha value is -2.35. The first-order valence-corrected chi connectivity index (χ1v) is 11.0. The molecule has 2 atom stereocenters. The topological polar surface area (TPSA) is 89.4 Å². The van der Waals surface area contributed by atoms with E-state index in [0.29, 0.717) is 11.7 Å². The van der Waals surface area contributed by atoms with Crippen LogP contribution in [0, 0.1) is 13.8 Å². The van der Waals surface area contributed by atoms with Crippen molar-refractivity contribution in [3.05, 3.63) is 45.9 Å². The largest absolute Gasteiger partial charge is 0.496 e. The van der Waals surface area contributed by atoms with Gasteiger partial charge in [-0.2, -0.15) is 0 Å². The molecule has 1 aliphatic heterocycles. The Morgan fingerprint density at radius 1 is 1.29 bits per heavy atom. The van der Waals surface area contributed by atoms with E-state index in [0.717, 1.165) is 57.1 Å². The Balaban J connectivity index is 1.80. The van der Waals surface area contributed by atoms with Gasteiger partial charge in [0.25, 0.3) is 0 Å². The summed E-state index contributed by atoms with van der Waals surface area (Å²) in [7, 11) is 1.72. The van der Waals surface area contributed by atoms with Crippen molar-refractivity contribution in [3.8, 4) is 5.75 Å². The van der Waals surface area contributed by atoms with Gasteiger partial charge < -0.3 is 20.1 Å². The summed E-state index contributed by atoms with van der Waals surface area (Å²) < 4.78 is 8.09. The molecule has 8 heteroatoms. The number of rotatable bonds is 6. The molecular weight excluding hydrogens is 414 g/mol. The van der Waals surface area contributed by atoms with E-state index in [-0.39, 0.29) is 18.7 Å². The number of anilines is 1. The number of fused-ring (bicyclic) bond motifs is 1. The van der Waals surface area contributed by atoms with Gasteiger partial charge in [-0.15, -0.1) is 0 Å². The second-order valence-electron chi connectivity index (χ2n) is 8.55. The minimum atomic E-state index is -0.0650. The number of benzene rings is 1. The normalized spacial score (nSPS) is 17.0. The molecule has 0 radical (unpaired) electrons. The maximum atomic E-state index is 9.47. The van der Waals surface area contributed by atoms with E-state index in [1.165, 1.54) is 6.33 Å². The summed E-state index contributed by atoms with van der Waals surface area (Å²) >= 11 is 6.72. The summed E-state index contributed by atoms with van der Waals surface area (Å²) in [5.41, 5.74) is 11.2. The van der Waals surface area contributed by atoms with Gasteiger partial charge in [-0.25, -0.2) is 9.97 Å². The van der Waals surface area contributed by atoms with Crippen LogP contribution >= 0.6 is 11.6 Å². The standard InChI is InChI=1S/C23H30ClN5O2/c1-12-7-29(23-19(12)22(25)26-11-27-23)15(4)17-6-18(24)14(3)20(21(17)31-5)16-8-28(9-16)13(2)10-30/h6-7,11,13,15-16,30H,8-10H2,1-5H3,(H2,25,26,27)/t13-,15?/m1/s1. The quantitative estimate of drug-likeness (QED) is 0.604. The van der Waals surface area contributed by atoms with Crippen LogP contribution in [0.15, 0.2) is 18.6 Å². The van der Waals surface area contributed by atoms with E-state index in [1.54, 1.807) is 7.11 Å². The molecule has 2 aromatic heterocycles. The van der Waals surface area contributed by atoms with Crippen molar-refractivity contribution < 1.29 is 9.84 Å². The molecule has 31 heavy (non-hydrogen) atoms. The highest BCUT2D eigenvalue weighted by molar-refractivity contribution is 6.31. The molecule has 1 saturated heterocycles. The lowest BCUT2D eigenvalue weighted by molar-refractivity contribution is 0.0619. The Labute approximate surface area is 187 Å². The number of aliphatic hydroxyl groups is 1. The predicted molar refractivity (Wildman–Crippen MR) is 124 cm³/mol. The molecule has 3 aromatic rings. The molecule has 4 rings (SSSR count). The van der Waals surface area contributed by atoms with Crippen molar-refractivity contribution in [2.45, 2.75) is 45.7 Å². The van der Waals surface area contributed by atoms with Crippen LogP contribution in [0.5, 0.6) is 5.75 Å². The van der Waals surface area contributed by atoms with Crippen LogP contribution in [0.2, 0.25) is 5.02 Å². The number of aromatic nitrogens is 3. The molecule has 3 N–H and O–H groups in total. The second kappa shape index (κ2) is 8.30. The number of methoxy groups -OCH3 is 1. The summed E-state index contributed by atoms with van der Waals surface area (Å²) in [4.78, 5) is 10.9. The van der Waals surface area contributed by atoms with Gasteiger partial charge in [0.2, 0.25) is 0 Å². The first-order valence-electron chi connectivity index (χ1n) is 10.6. The Bertz CT molecular complexity index is 1120.